The molecule has 1 aromatic heterocycles. The van der Waals surface area contributed by atoms with Gasteiger partial charge in [0.25, 0.3) is 5.91 Å². The van der Waals surface area contributed by atoms with Gasteiger partial charge in [0.05, 0.1) is 6.20 Å². The largest absolute Gasteiger partial charge is 0.351 e. The summed E-state index contributed by atoms with van der Waals surface area (Å²) >= 11 is 0. The monoisotopic (exact) mass is 404 g/mol. The summed E-state index contributed by atoms with van der Waals surface area (Å²) in [6.45, 7) is 0.792. The van der Waals surface area contributed by atoms with Crippen LogP contribution in [0.1, 0.15) is 79.4 Å². The van der Waals surface area contributed by atoms with Crippen LogP contribution in [0.15, 0.2) is 42.6 Å². The Hall–Kier alpha value is -2.67. The molecule has 156 valence electrons. The maximum absolute atomic E-state index is 12.9. The zero-order valence-electron chi connectivity index (χ0n) is 17.4. The van der Waals surface area contributed by atoms with Gasteiger partial charge in [-0.15, -0.1) is 0 Å². The van der Waals surface area contributed by atoms with E-state index >= 15 is 0 Å². The van der Waals surface area contributed by atoms with Gasteiger partial charge in [-0.1, -0.05) is 44.4 Å². The fourth-order valence-corrected chi connectivity index (χ4v) is 4.53. The molecular weight excluding hydrogens is 375 g/mol. The first-order chi connectivity index (χ1) is 14.6. The molecule has 0 radical (unpaired) electrons. The van der Waals surface area contributed by atoms with E-state index in [1.807, 2.05) is 24.3 Å². The summed E-state index contributed by atoms with van der Waals surface area (Å²) in [7, 11) is 0. The summed E-state index contributed by atoms with van der Waals surface area (Å²) in [6.07, 6.45) is 12.9. The van der Waals surface area contributed by atoms with Gasteiger partial charge in [-0.05, 0) is 72.9 Å². The highest BCUT2D eigenvalue weighted by atomic mass is 19.1. The molecule has 4 rings (SSSR count). The van der Waals surface area contributed by atoms with Gasteiger partial charge in [0, 0.05) is 17.7 Å². The SMILES string of the molecule is O=C(NCC1(CC2CC2)CCCCCC1)c1ccc(C#Cc2ccc(F)cn2)cc1. The van der Waals surface area contributed by atoms with Gasteiger partial charge in [-0.2, -0.15) is 0 Å². The Labute approximate surface area is 178 Å². The number of rotatable bonds is 5. The Morgan fingerprint density at radius 2 is 1.77 bits per heavy atom. The molecule has 4 heteroatoms. The molecule has 0 bridgehead atoms. The number of amides is 1. The average Bonchev–Trinajstić information content (AvgIpc) is 3.60. The summed E-state index contributed by atoms with van der Waals surface area (Å²) in [4.78, 5) is 16.7. The van der Waals surface area contributed by atoms with E-state index < -0.39 is 0 Å². The number of halogens is 1. The van der Waals surface area contributed by atoms with Crippen LogP contribution in [0, 0.1) is 29.0 Å². The summed E-state index contributed by atoms with van der Waals surface area (Å²) in [6, 6.07) is 10.2. The lowest BCUT2D eigenvalue weighted by Crippen LogP contribution is -2.38. The van der Waals surface area contributed by atoms with Crippen LogP contribution >= 0.6 is 0 Å². The Kier molecular flexibility index (Phi) is 6.47. The van der Waals surface area contributed by atoms with Gasteiger partial charge in [0.2, 0.25) is 0 Å². The topological polar surface area (TPSA) is 42.0 Å². The minimum atomic E-state index is -0.376. The zero-order valence-corrected chi connectivity index (χ0v) is 17.4. The van der Waals surface area contributed by atoms with E-state index in [1.165, 1.54) is 63.9 Å². The van der Waals surface area contributed by atoms with Gasteiger partial charge in [-0.3, -0.25) is 4.79 Å². The smallest absolute Gasteiger partial charge is 0.251 e. The second-order valence-electron chi connectivity index (χ2n) is 8.93. The van der Waals surface area contributed by atoms with Crippen LogP contribution in [0.4, 0.5) is 4.39 Å². The lowest BCUT2D eigenvalue weighted by atomic mass is 9.75. The molecule has 0 spiro atoms. The normalized spacial score (nSPS) is 18.0. The van der Waals surface area contributed by atoms with Crippen molar-refractivity contribution in [2.45, 2.75) is 57.8 Å². The Bertz CT molecular complexity index is 912. The second-order valence-corrected chi connectivity index (χ2v) is 8.93. The van der Waals surface area contributed by atoms with E-state index in [1.54, 1.807) is 6.07 Å². The van der Waals surface area contributed by atoms with Crippen molar-refractivity contribution in [2.75, 3.05) is 6.54 Å². The summed E-state index contributed by atoms with van der Waals surface area (Å²) in [5, 5.41) is 3.23. The van der Waals surface area contributed by atoms with Crippen molar-refractivity contribution >= 4 is 5.91 Å². The predicted octanol–water partition coefficient (Wildman–Crippen LogP) is 5.49. The fraction of sp³-hybridized carbons (Fsp3) is 0.462. The van der Waals surface area contributed by atoms with Crippen LogP contribution in [-0.4, -0.2) is 17.4 Å². The molecular formula is C26H29FN2O. The van der Waals surface area contributed by atoms with E-state index in [4.69, 9.17) is 0 Å². The Morgan fingerprint density at radius 1 is 1.03 bits per heavy atom. The molecule has 2 saturated carbocycles. The third-order valence-electron chi connectivity index (χ3n) is 6.42. The maximum atomic E-state index is 12.9. The molecule has 0 unspecified atom stereocenters. The number of aromatic nitrogens is 1. The first-order valence-corrected chi connectivity index (χ1v) is 11.1. The van der Waals surface area contributed by atoms with Gasteiger partial charge in [0.1, 0.15) is 11.5 Å². The van der Waals surface area contributed by atoms with Gasteiger partial charge < -0.3 is 5.32 Å². The van der Waals surface area contributed by atoms with Crippen molar-refractivity contribution < 1.29 is 9.18 Å². The van der Waals surface area contributed by atoms with E-state index in [-0.39, 0.29) is 11.7 Å². The summed E-state index contributed by atoms with van der Waals surface area (Å²) < 4.78 is 12.9. The highest BCUT2D eigenvalue weighted by Crippen LogP contribution is 2.46. The van der Waals surface area contributed by atoms with Gasteiger partial charge in [0.15, 0.2) is 0 Å². The first kappa shape index (κ1) is 20.6. The molecule has 1 N–H and O–H groups in total. The van der Waals surface area contributed by atoms with E-state index in [2.05, 4.69) is 22.1 Å². The maximum Gasteiger partial charge on any atom is 0.251 e. The fourth-order valence-electron chi connectivity index (χ4n) is 4.53. The molecule has 1 aromatic carbocycles. The third-order valence-corrected chi connectivity index (χ3v) is 6.42. The van der Waals surface area contributed by atoms with Crippen LogP contribution < -0.4 is 5.32 Å². The van der Waals surface area contributed by atoms with Crippen LogP contribution in [0.3, 0.4) is 0 Å². The highest BCUT2D eigenvalue weighted by molar-refractivity contribution is 5.94. The van der Waals surface area contributed by atoms with Crippen molar-refractivity contribution in [3.63, 3.8) is 0 Å². The number of nitrogens with zero attached hydrogens (tertiary/aromatic N) is 1. The van der Waals surface area contributed by atoms with Crippen molar-refractivity contribution in [2.24, 2.45) is 11.3 Å². The molecule has 2 aliphatic rings. The molecule has 0 atom stereocenters. The number of hydrogen-bond donors (Lipinski definition) is 1. The second kappa shape index (κ2) is 9.43. The molecule has 1 amide bonds. The minimum Gasteiger partial charge on any atom is -0.351 e. The number of carbonyl (C=O) groups is 1. The first-order valence-electron chi connectivity index (χ1n) is 11.1. The van der Waals surface area contributed by atoms with Crippen molar-refractivity contribution in [3.05, 3.63) is 65.2 Å². The quantitative estimate of drug-likeness (QED) is 0.529. The summed E-state index contributed by atoms with van der Waals surface area (Å²) in [5.41, 5.74) is 2.27. The lowest BCUT2D eigenvalue weighted by molar-refractivity contribution is 0.0914. The molecule has 1 heterocycles. The van der Waals surface area contributed by atoms with Crippen LogP contribution in [0.5, 0.6) is 0 Å². The number of carbonyl (C=O) groups excluding carboxylic acids is 1. The number of pyridine rings is 1. The standard InChI is InChI=1S/C26H29FN2O/c27-23-12-14-24(28-18-23)13-9-20-7-10-22(11-8-20)25(30)29-19-26(17-21-5-6-21)15-3-1-2-4-16-26/h7-8,10-12,14,18,21H,1-6,15-17,19H2,(H,29,30). The van der Waals surface area contributed by atoms with E-state index in [0.717, 1.165) is 24.2 Å². The number of hydrogen-bond acceptors (Lipinski definition) is 2. The molecule has 2 fully saturated rings. The van der Waals surface area contributed by atoms with Crippen molar-refractivity contribution in [3.8, 4) is 11.8 Å². The van der Waals surface area contributed by atoms with E-state index in [0.29, 0.717) is 16.7 Å². The van der Waals surface area contributed by atoms with Gasteiger partial charge >= 0.3 is 0 Å². The Balaban J connectivity index is 1.36. The summed E-state index contributed by atoms with van der Waals surface area (Å²) in [5.74, 6) is 6.42. The van der Waals surface area contributed by atoms with Crippen LogP contribution in [0.2, 0.25) is 0 Å². The lowest BCUT2D eigenvalue weighted by Gasteiger charge is -2.33. The number of nitrogens with one attached hydrogen (secondary N) is 1. The molecule has 2 aromatic rings. The van der Waals surface area contributed by atoms with Gasteiger partial charge in [-0.25, -0.2) is 9.37 Å². The molecule has 3 nitrogen and oxygen atoms in total. The van der Waals surface area contributed by atoms with Crippen LogP contribution in [0.25, 0.3) is 0 Å². The highest BCUT2D eigenvalue weighted by Gasteiger charge is 2.37. The molecule has 2 aliphatic carbocycles. The Morgan fingerprint density at radius 3 is 2.40 bits per heavy atom. The zero-order chi connectivity index (χ0) is 20.8. The molecule has 30 heavy (non-hydrogen) atoms. The van der Waals surface area contributed by atoms with E-state index in [9.17, 15) is 9.18 Å². The predicted molar refractivity (Wildman–Crippen MR) is 116 cm³/mol. The molecule has 0 saturated heterocycles. The van der Waals surface area contributed by atoms with Crippen molar-refractivity contribution in [1.29, 1.82) is 0 Å². The minimum absolute atomic E-state index is 0.00544. The van der Waals surface area contributed by atoms with Crippen LogP contribution in [-0.2, 0) is 0 Å². The average molecular weight is 405 g/mol. The third kappa shape index (κ3) is 5.69. The van der Waals surface area contributed by atoms with Crippen molar-refractivity contribution in [1.82, 2.24) is 10.3 Å². The molecule has 0 aliphatic heterocycles. The number of benzene rings is 1.